The Hall–Kier alpha value is -1.84. The highest BCUT2D eigenvalue weighted by molar-refractivity contribution is 6.05. The lowest BCUT2D eigenvalue weighted by Gasteiger charge is -2.12. The van der Waals surface area contributed by atoms with Crippen LogP contribution in [0.1, 0.15) is 12.5 Å². The molecule has 0 aliphatic carbocycles. The van der Waals surface area contributed by atoms with Crippen LogP contribution in [0.25, 0.3) is 0 Å². The van der Waals surface area contributed by atoms with Crippen LogP contribution in [0.15, 0.2) is 35.5 Å². The summed E-state index contributed by atoms with van der Waals surface area (Å²) in [7, 11) is 1.60. The molecule has 1 aromatic carbocycles. The van der Waals surface area contributed by atoms with E-state index in [9.17, 15) is 4.79 Å². The minimum absolute atomic E-state index is 0.0256. The molecule has 0 radical (unpaired) electrons. The van der Waals surface area contributed by atoms with Crippen LogP contribution in [0.3, 0.4) is 0 Å². The molecule has 0 spiro atoms. The molecule has 1 amide bonds. The Balaban J connectivity index is 2.19. The maximum absolute atomic E-state index is 11.5. The second-order valence-electron chi connectivity index (χ2n) is 3.77. The normalized spacial score (nSPS) is 23.5. The number of oxime groups is 1. The molecule has 1 aliphatic heterocycles. The summed E-state index contributed by atoms with van der Waals surface area (Å²) in [6.07, 6.45) is -0.514. The highest BCUT2D eigenvalue weighted by atomic mass is 16.6. The molecule has 16 heavy (non-hydrogen) atoms. The van der Waals surface area contributed by atoms with E-state index in [0.29, 0.717) is 0 Å². The van der Waals surface area contributed by atoms with Crippen LogP contribution in [0, 0.1) is 5.92 Å². The molecular formula is C12H14N2O2. The van der Waals surface area contributed by atoms with Crippen LogP contribution in [-0.2, 0) is 9.63 Å². The monoisotopic (exact) mass is 218 g/mol. The van der Waals surface area contributed by atoms with Gasteiger partial charge in [0.2, 0.25) is 6.10 Å². The largest absolute Gasteiger partial charge is 0.381 e. The molecule has 4 heteroatoms. The Labute approximate surface area is 94.3 Å². The molecule has 0 saturated carbocycles. The van der Waals surface area contributed by atoms with E-state index in [1.807, 2.05) is 37.3 Å². The minimum Gasteiger partial charge on any atom is -0.381 e. The number of benzene rings is 1. The average Bonchev–Trinajstić information content (AvgIpc) is 2.71. The highest BCUT2D eigenvalue weighted by Crippen LogP contribution is 2.22. The lowest BCUT2D eigenvalue weighted by atomic mass is 9.94. The second kappa shape index (κ2) is 4.35. The smallest absolute Gasteiger partial charge is 0.264 e. The van der Waals surface area contributed by atoms with Crippen molar-refractivity contribution in [1.82, 2.24) is 5.32 Å². The fraction of sp³-hybridized carbons (Fsp3) is 0.333. The standard InChI is InChI=1S/C12H14N2O2/c1-8-10(9-6-4-3-5-7-9)14-16-11(8)12(15)13-2/h3-8,11H,1-2H3,(H,13,15)/t8-,11-/m1/s1. The Morgan fingerprint density at radius 3 is 2.69 bits per heavy atom. The van der Waals surface area contributed by atoms with Crippen molar-refractivity contribution in [3.05, 3.63) is 35.9 Å². The van der Waals surface area contributed by atoms with E-state index in [4.69, 9.17) is 4.84 Å². The van der Waals surface area contributed by atoms with Gasteiger partial charge in [-0.25, -0.2) is 0 Å². The predicted molar refractivity (Wildman–Crippen MR) is 61.1 cm³/mol. The average molecular weight is 218 g/mol. The topological polar surface area (TPSA) is 50.7 Å². The van der Waals surface area contributed by atoms with E-state index in [-0.39, 0.29) is 11.8 Å². The van der Waals surface area contributed by atoms with E-state index < -0.39 is 6.10 Å². The van der Waals surface area contributed by atoms with Crippen LogP contribution >= 0.6 is 0 Å². The molecule has 1 heterocycles. The lowest BCUT2D eigenvalue weighted by Crippen LogP contribution is -2.37. The van der Waals surface area contributed by atoms with Gasteiger partial charge in [0.25, 0.3) is 5.91 Å². The third kappa shape index (κ3) is 1.78. The lowest BCUT2D eigenvalue weighted by molar-refractivity contribution is -0.132. The number of carbonyl (C=O) groups excluding carboxylic acids is 1. The first-order chi connectivity index (χ1) is 7.74. The minimum atomic E-state index is -0.514. The molecule has 1 aromatic rings. The van der Waals surface area contributed by atoms with Crippen LogP contribution in [-0.4, -0.2) is 24.8 Å². The first kappa shape index (κ1) is 10.7. The van der Waals surface area contributed by atoms with E-state index in [0.717, 1.165) is 11.3 Å². The first-order valence-electron chi connectivity index (χ1n) is 5.24. The van der Waals surface area contributed by atoms with Gasteiger partial charge in [-0.05, 0) is 5.56 Å². The summed E-state index contributed by atoms with van der Waals surface area (Å²) in [4.78, 5) is 16.7. The molecule has 2 atom stereocenters. The van der Waals surface area contributed by atoms with E-state index in [1.54, 1.807) is 7.05 Å². The van der Waals surface area contributed by atoms with Gasteiger partial charge in [0.15, 0.2) is 0 Å². The zero-order chi connectivity index (χ0) is 11.5. The molecule has 0 fully saturated rings. The molecule has 1 aliphatic rings. The summed E-state index contributed by atoms with van der Waals surface area (Å²) in [5.74, 6) is -0.162. The molecular weight excluding hydrogens is 204 g/mol. The number of hydrogen-bond acceptors (Lipinski definition) is 3. The summed E-state index contributed by atoms with van der Waals surface area (Å²) in [5.41, 5.74) is 1.83. The molecule has 0 aromatic heterocycles. The SMILES string of the molecule is CNC(=O)[C@@H]1ON=C(c2ccccc2)[C@H]1C. The van der Waals surface area contributed by atoms with Gasteiger partial charge in [0, 0.05) is 7.05 Å². The number of nitrogens with one attached hydrogen (secondary N) is 1. The van der Waals surface area contributed by atoms with Gasteiger partial charge in [-0.15, -0.1) is 0 Å². The van der Waals surface area contributed by atoms with E-state index >= 15 is 0 Å². The van der Waals surface area contributed by atoms with Crippen LogP contribution in [0.2, 0.25) is 0 Å². The highest BCUT2D eigenvalue weighted by Gasteiger charge is 2.35. The molecule has 84 valence electrons. The molecule has 2 rings (SSSR count). The summed E-state index contributed by atoms with van der Waals surface area (Å²) in [6.45, 7) is 1.94. The molecule has 0 unspecified atom stereocenters. The number of amides is 1. The van der Waals surface area contributed by atoms with Gasteiger partial charge >= 0.3 is 0 Å². The molecule has 1 N–H and O–H groups in total. The van der Waals surface area contributed by atoms with Crippen molar-refractivity contribution in [3.8, 4) is 0 Å². The van der Waals surface area contributed by atoms with Crippen LogP contribution in [0.5, 0.6) is 0 Å². The first-order valence-corrected chi connectivity index (χ1v) is 5.24. The van der Waals surface area contributed by atoms with E-state index in [2.05, 4.69) is 10.5 Å². The maximum atomic E-state index is 11.5. The summed E-state index contributed by atoms with van der Waals surface area (Å²) in [5, 5.41) is 6.57. The molecule has 0 bridgehead atoms. The third-order valence-corrected chi connectivity index (χ3v) is 2.72. The Morgan fingerprint density at radius 2 is 2.06 bits per heavy atom. The number of carbonyl (C=O) groups is 1. The van der Waals surface area contributed by atoms with Gasteiger partial charge < -0.3 is 10.2 Å². The number of hydrogen-bond donors (Lipinski definition) is 1. The van der Waals surface area contributed by atoms with Crippen LogP contribution in [0.4, 0.5) is 0 Å². The fourth-order valence-electron chi connectivity index (χ4n) is 1.77. The van der Waals surface area contributed by atoms with Gasteiger partial charge in [-0.1, -0.05) is 42.4 Å². The molecule has 4 nitrogen and oxygen atoms in total. The Kier molecular flexibility index (Phi) is 2.90. The molecule has 0 saturated heterocycles. The van der Waals surface area contributed by atoms with Crippen molar-refractivity contribution < 1.29 is 9.63 Å². The van der Waals surface area contributed by atoms with Gasteiger partial charge in [0.1, 0.15) is 0 Å². The zero-order valence-corrected chi connectivity index (χ0v) is 9.31. The predicted octanol–water partition coefficient (Wildman–Crippen LogP) is 1.17. The van der Waals surface area contributed by atoms with Gasteiger partial charge in [0.05, 0.1) is 11.6 Å². The quantitative estimate of drug-likeness (QED) is 0.810. The number of nitrogens with zero attached hydrogens (tertiary/aromatic N) is 1. The van der Waals surface area contributed by atoms with Crippen molar-refractivity contribution in [2.45, 2.75) is 13.0 Å². The van der Waals surface area contributed by atoms with Crippen molar-refractivity contribution in [2.75, 3.05) is 7.05 Å². The van der Waals surface area contributed by atoms with Gasteiger partial charge in [-0.2, -0.15) is 0 Å². The number of likely N-dealkylation sites (N-methyl/N-ethyl adjacent to an activating group) is 1. The second-order valence-corrected chi connectivity index (χ2v) is 3.77. The summed E-state index contributed by atoms with van der Waals surface area (Å²) in [6, 6.07) is 9.76. The Morgan fingerprint density at radius 1 is 1.38 bits per heavy atom. The Bertz CT molecular complexity index is 414. The van der Waals surface area contributed by atoms with Crippen LogP contribution < -0.4 is 5.32 Å². The maximum Gasteiger partial charge on any atom is 0.264 e. The number of rotatable bonds is 2. The third-order valence-electron chi connectivity index (χ3n) is 2.72. The van der Waals surface area contributed by atoms with Crippen molar-refractivity contribution in [2.24, 2.45) is 11.1 Å². The van der Waals surface area contributed by atoms with Crippen molar-refractivity contribution in [3.63, 3.8) is 0 Å². The van der Waals surface area contributed by atoms with Gasteiger partial charge in [-0.3, -0.25) is 4.79 Å². The summed E-state index contributed by atoms with van der Waals surface area (Å²) >= 11 is 0. The summed E-state index contributed by atoms with van der Waals surface area (Å²) < 4.78 is 0. The van der Waals surface area contributed by atoms with Crippen molar-refractivity contribution >= 4 is 11.6 Å². The van der Waals surface area contributed by atoms with Crippen molar-refractivity contribution in [1.29, 1.82) is 0 Å². The van der Waals surface area contributed by atoms with E-state index in [1.165, 1.54) is 0 Å². The zero-order valence-electron chi connectivity index (χ0n) is 9.31. The fourth-order valence-corrected chi connectivity index (χ4v) is 1.77.